The number of benzene rings is 2. The third kappa shape index (κ3) is 4.39. The van der Waals surface area contributed by atoms with Gasteiger partial charge >= 0.3 is 18.0 Å². The zero-order valence-corrected chi connectivity index (χ0v) is 19.2. The molecule has 2 heterocycles. The van der Waals surface area contributed by atoms with E-state index in [9.17, 15) is 49.5 Å². The van der Waals surface area contributed by atoms with Gasteiger partial charge in [0, 0.05) is 18.2 Å². The number of likely N-dealkylation sites (tertiary alicyclic amines) is 1. The lowest BCUT2D eigenvalue weighted by Crippen LogP contribution is -2.56. The van der Waals surface area contributed by atoms with E-state index in [1.54, 1.807) is 0 Å². The molecule has 1 fully saturated rings. The maximum atomic E-state index is 14.8. The Morgan fingerprint density at radius 1 is 1.00 bits per heavy atom. The fourth-order valence-electron chi connectivity index (χ4n) is 4.31. The lowest BCUT2D eigenvalue weighted by Gasteiger charge is -2.37. The van der Waals surface area contributed by atoms with Crippen LogP contribution in [0, 0.1) is 34.9 Å². The van der Waals surface area contributed by atoms with Crippen LogP contribution in [0.5, 0.6) is 5.75 Å². The first-order chi connectivity index (χ1) is 17.8. The SMILES string of the molecule is COC(=O)[C@@H]1CCCCN1C(=O)CN1C(=O)C(F)(F)Oc2cc(F)c(-c3c(F)c(F)c(F)c(F)c3F)cc21. The Morgan fingerprint density at radius 2 is 1.61 bits per heavy atom. The van der Waals surface area contributed by atoms with E-state index in [0.29, 0.717) is 18.9 Å². The van der Waals surface area contributed by atoms with Crippen molar-refractivity contribution in [1.82, 2.24) is 4.90 Å². The number of methoxy groups -OCH3 is 1. The van der Waals surface area contributed by atoms with Crippen LogP contribution >= 0.6 is 0 Å². The number of ether oxygens (including phenoxy) is 2. The summed E-state index contributed by atoms with van der Waals surface area (Å²) in [6, 6.07) is -0.592. The molecule has 0 N–H and O–H groups in total. The number of alkyl halides is 2. The molecular weight excluding hydrogens is 536 g/mol. The van der Waals surface area contributed by atoms with Crippen molar-refractivity contribution < 1.29 is 59.0 Å². The molecule has 0 aromatic heterocycles. The molecular formula is C23H16F8N2O5. The molecule has 0 unspecified atom stereocenters. The number of nitrogens with zero attached hydrogens (tertiary/aromatic N) is 2. The van der Waals surface area contributed by atoms with Gasteiger partial charge in [-0.2, -0.15) is 8.78 Å². The average Bonchev–Trinajstić information content (AvgIpc) is 2.89. The van der Waals surface area contributed by atoms with Gasteiger partial charge in [-0.25, -0.2) is 31.1 Å². The van der Waals surface area contributed by atoms with Crippen LogP contribution in [0.25, 0.3) is 11.1 Å². The molecule has 0 aliphatic carbocycles. The van der Waals surface area contributed by atoms with Gasteiger partial charge in [-0.15, -0.1) is 0 Å². The van der Waals surface area contributed by atoms with E-state index in [2.05, 4.69) is 9.47 Å². The molecule has 38 heavy (non-hydrogen) atoms. The number of halogens is 8. The Kier molecular flexibility index (Phi) is 6.97. The summed E-state index contributed by atoms with van der Waals surface area (Å²) in [7, 11) is 1.07. The summed E-state index contributed by atoms with van der Waals surface area (Å²) < 4.78 is 122. The Bertz CT molecular complexity index is 1320. The van der Waals surface area contributed by atoms with Crippen molar-refractivity contribution in [3.05, 3.63) is 47.0 Å². The number of carbonyl (C=O) groups excluding carboxylic acids is 3. The van der Waals surface area contributed by atoms with Crippen molar-refractivity contribution in [1.29, 1.82) is 0 Å². The maximum absolute atomic E-state index is 14.8. The molecule has 0 saturated carbocycles. The predicted molar refractivity (Wildman–Crippen MR) is 111 cm³/mol. The highest BCUT2D eigenvalue weighted by Crippen LogP contribution is 2.44. The Morgan fingerprint density at radius 3 is 2.21 bits per heavy atom. The van der Waals surface area contributed by atoms with E-state index < -0.39 is 93.9 Å². The van der Waals surface area contributed by atoms with Crippen LogP contribution in [0.2, 0.25) is 0 Å². The van der Waals surface area contributed by atoms with Gasteiger partial charge in [0.2, 0.25) is 11.7 Å². The van der Waals surface area contributed by atoms with Crippen molar-refractivity contribution in [2.24, 2.45) is 0 Å². The topological polar surface area (TPSA) is 76.2 Å². The number of rotatable bonds is 4. The van der Waals surface area contributed by atoms with Crippen LogP contribution < -0.4 is 9.64 Å². The summed E-state index contributed by atoms with van der Waals surface area (Å²) in [6.07, 6.45) is -3.47. The first-order valence-electron chi connectivity index (χ1n) is 10.9. The molecule has 0 radical (unpaired) electrons. The van der Waals surface area contributed by atoms with E-state index in [4.69, 9.17) is 0 Å². The molecule has 4 rings (SSSR count). The molecule has 2 aromatic carbocycles. The standard InChI is InChI=1S/C23H16F8N2O5/c1-37-21(35)11-4-2-3-5-32(11)14(34)8-33-12-6-9(10(24)7-13(12)38-23(30,31)22(33)36)15-16(25)18(27)20(29)19(28)17(15)26/h6-7,11H,2-5,8H2,1H3/t11-/m0/s1. The zero-order chi connectivity index (χ0) is 28.1. The third-order valence-electron chi connectivity index (χ3n) is 6.14. The minimum atomic E-state index is -4.62. The number of hydrogen-bond acceptors (Lipinski definition) is 5. The molecule has 2 aromatic rings. The minimum absolute atomic E-state index is 0.000393. The van der Waals surface area contributed by atoms with E-state index in [1.165, 1.54) is 0 Å². The molecule has 15 heteroatoms. The Balaban J connectivity index is 1.82. The lowest BCUT2D eigenvalue weighted by molar-refractivity contribution is -0.193. The predicted octanol–water partition coefficient (Wildman–Crippen LogP) is 4.06. The first kappa shape index (κ1) is 27.1. The number of anilines is 1. The largest absolute Gasteiger partial charge is 0.482 e. The summed E-state index contributed by atoms with van der Waals surface area (Å²) >= 11 is 0. The highest BCUT2D eigenvalue weighted by molar-refractivity contribution is 6.05. The molecule has 204 valence electrons. The van der Waals surface area contributed by atoms with Crippen LogP contribution in [0.1, 0.15) is 19.3 Å². The van der Waals surface area contributed by atoms with E-state index in [0.717, 1.165) is 12.0 Å². The van der Waals surface area contributed by atoms with Gasteiger partial charge in [0.25, 0.3) is 0 Å². The van der Waals surface area contributed by atoms with Crippen molar-refractivity contribution in [2.45, 2.75) is 31.4 Å². The lowest BCUT2D eigenvalue weighted by atomic mass is 10.00. The number of fused-ring (bicyclic) bond motifs is 1. The van der Waals surface area contributed by atoms with Crippen molar-refractivity contribution in [3.8, 4) is 16.9 Å². The highest BCUT2D eigenvalue weighted by Gasteiger charge is 2.52. The number of hydrogen-bond donors (Lipinski definition) is 0. The quantitative estimate of drug-likeness (QED) is 0.248. The molecule has 2 aliphatic rings. The van der Waals surface area contributed by atoms with Crippen molar-refractivity contribution >= 4 is 23.5 Å². The number of carbonyl (C=O) groups is 3. The monoisotopic (exact) mass is 552 g/mol. The fraction of sp³-hybridized carbons (Fsp3) is 0.348. The molecule has 0 bridgehead atoms. The van der Waals surface area contributed by atoms with Crippen LogP contribution in [-0.2, 0) is 19.1 Å². The molecule has 7 nitrogen and oxygen atoms in total. The summed E-state index contributed by atoms with van der Waals surface area (Å²) in [6.45, 7) is -1.17. The summed E-state index contributed by atoms with van der Waals surface area (Å²) in [5.74, 6) is -18.9. The van der Waals surface area contributed by atoms with Gasteiger partial charge in [0.15, 0.2) is 29.0 Å². The fourth-order valence-corrected chi connectivity index (χ4v) is 4.31. The molecule has 1 atom stereocenters. The summed E-state index contributed by atoms with van der Waals surface area (Å²) in [4.78, 5) is 38.7. The van der Waals surface area contributed by atoms with E-state index in [1.807, 2.05) is 0 Å². The first-order valence-corrected chi connectivity index (χ1v) is 10.9. The van der Waals surface area contributed by atoms with Gasteiger partial charge in [-0.05, 0) is 25.3 Å². The van der Waals surface area contributed by atoms with Crippen molar-refractivity contribution in [3.63, 3.8) is 0 Å². The normalized spacial score (nSPS) is 18.7. The van der Waals surface area contributed by atoms with Gasteiger partial charge in [-0.1, -0.05) is 0 Å². The van der Waals surface area contributed by atoms with Crippen LogP contribution in [-0.4, -0.2) is 55.0 Å². The number of esters is 1. The Hall–Kier alpha value is -3.91. The van der Waals surface area contributed by atoms with Crippen LogP contribution in [0.3, 0.4) is 0 Å². The highest BCUT2D eigenvalue weighted by atomic mass is 19.3. The minimum Gasteiger partial charge on any atom is -0.467 e. The molecule has 2 aliphatic heterocycles. The second-order valence-electron chi connectivity index (χ2n) is 8.38. The van der Waals surface area contributed by atoms with Crippen molar-refractivity contribution in [2.75, 3.05) is 25.1 Å². The Labute approximate surface area is 208 Å². The van der Waals surface area contributed by atoms with Crippen LogP contribution in [0.4, 0.5) is 40.8 Å². The van der Waals surface area contributed by atoms with Gasteiger partial charge in [0.1, 0.15) is 18.4 Å². The second kappa shape index (κ2) is 9.76. The van der Waals surface area contributed by atoms with E-state index in [-0.39, 0.29) is 23.9 Å². The zero-order valence-electron chi connectivity index (χ0n) is 19.2. The van der Waals surface area contributed by atoms with Gasteiger partial charge in [-0.3, -0.25) is 14.5 Å². The van der Waals surface area contributed by atoms with Gasteiger partial charge in [0.05, 0.1) is 18.4 Å². The molecule has 1 saturated heterocycles. The summed E-state index contributed by atoms with van der Waals surface area (Å²) in [5, 5.41) is 0. The second-order valence-corrected chi connectivity index (χ2v) is 8.38. The summed E-state index contributed by atoms with van der Waals surface area (Å²) in [5.41, 5.74) is -3.85. The maximum Gasteiger partial charge on any atom is 0.482 e. The number of piperidine rings is 1. The third-order valence-corrected chi connectivity index (χ3v) is 6.14. The number of amides is 2. The van der Waals surface area contributed by atoms with Crippen LogP contribution in [0.15, 0.2) is 12.1 Å². The average molecular weight is 552 g/mol. The van der Waals surface area contributed by atoms with Gasteiger partial charge < -0.3 is 14.4 Å². The van der Waals surface area contributed by atoms with E-state index >= 15 is 0 Å². The smallest absolute Gasteiger partial charge is 0.467 e. The molecule has 2 amide bonds. The molecule has 0 spiro atoms.